The van der Waals surface area contributed by atoms with E-state index in [1.165, 1.54) is 7.11 Å². The number of aryl methyl sites for hydroxylation is 2. The third kappa shape index (κ3) is 1.42. The molecule has 11 heavy (non-hydrogen) atoms. The minimum Gasteiger partial charge on any atom is -0.464 e. The number of carbonyl (C=O) groups excluding carboxylic acids is 1. The maximum Gasteiger partial charge on any atom is 0.354 e. The van der Waals surface area contributed by atoms with Gasteiger partial charge in [-0.1, -0.05) is 0 Å². The molecule has 3 heteroatoms. The number of hydrogen-bond acceptors (Lipinski definition) is 2. The molecule has 1 heterocycles. The molecule has 0 aliphatic rings. The highest BCUT2D eigenvalue weighted by Gasteiger charge is 2.09. The average molecular weight is 153 g/mol. The molecule has 0 fully saturated rings. The Morgan fingerprint density at radius 1 is 1.64 bits per heavy atom. The third-order valence-corrected chi connectivity index (χ3v) is 1.54. The smallest absolute Gasteiger partial charge is 0.354 e. The zero-order valence-corrected chi connectivity index (χ0v) is 6.92. The van der Waals surface area contributed by atoms with Crippen molar-refractivity contribution in [1.29, 1.82) is 0 Å². The largest absolute Gasteiger partial charge is 0.464 e. The molecule has 0 atom stereocenters. The number of rotatable bonds is 1. The summed E-state index contributed by atoms with van der Waals surface area (Å²) in [6.45, 7) is 1.94. The van der Waals surface area contributed by atoms with Gasteiger partial charge in [0.05, 0.1) is 7.11 Å². The second-order valence-corrected chi connectivity index (χ2v) is 2.51. The second-order valence-electron chi connectivity index (χ2n) is 2.51. The molecule has 0 saturated heterocycles. The van der Waals surface area contributed by atoms with Gasteiger partial charge in [0.15, 0.2) is 0 Å². The van der Waals surface area contributed by atoms with E-state index in [4.69, 9.17) is 0 Å². The van der Waals surface area contributed by atoms with E-state index in [2.05, 4.69) is 4.74 Å². The number of esters is 1. The first-order valence-corrected chi connectivity index (χ1v) is 3.36. The van der Waals surface area contributed by atoms with E-state index in [-0.39, 0.29) is 5.97 Å². The summed E-state index contributed by atoms with van der Waals surface area (Å²) in [6, 6.07) is 1.80. The lowest BCUT2D eigenvalue weighted by Crippen LogP contribution is -2.06. The van der Waals surface area contributed by atoms with Crippen LogP contribution in [0.2, 0.25) is 0 Å². The maximum absolute atomic E-state index is 11.0. The Morgan fingerprint density at radius 3 is 2.64 bits per heavy atom. The highest BCUT2D eigenvalue weighted by molar-refractivity contribution is 5.87. The number of carbonyl (C=O) groups is 1. The highest BCUT2D eigenvalue weighted by Crippen LogP contribution is 2.06. The SMILES string of the molecule is COC(=O)c1cc(C)cn1C. The number of nitrogens with zero attached hydrogens (tertiary/aromatic N) is 1. The van der Waals surface area contributed by atoms with Crippen molar-refractivity contribution in [2.75, 3.05) is 7.11 Å². The minimum atomic E-state index is -0.291. The van der Waals surface area contributed by atoms with Gasteiger partial charge in [-0.3, -0.25) is 0 Å². The van der Waals surface area contributed by atoms with Crippen LogP contribution < -0.4 is 0 Å². The first kappa shape index (κ1) is 7.85. The van der Waals surface area contributed by atoms with Crippen LogP contribution in [-0.2, 0) is 11.8 Å². The first-order valence-electron chi connectivity index (χ1n) is 3.36. The minimum absolute atomic E-state index is 0.291. The Kier molecular flexibility index (Phi) is 1.98. The van der Waals surface area contributed by atoms with Gasteiger partial charge in [0.1, 0.15) is 5.69 Å². The lowest BCUT2D eigenvalue weighted by Gasteiger charge is -1.98. The summed E-state index contributed by atoms with van der Waals surface area (Å²) in [6.07, 6.45) is 1.88. The summed E-state index contributed by atoms with van der Waals surface area (Å²) in [5.74, 6) is -0.291. The number of ether oxygens (including phenoxy) is 1. The van der Waals surface area contributed by atoms with Gasteiger partial charge in [-0.2, -0.15) is 0 Å². The fourth-order valence-corrected chi connectivity index (χ4v) is 1.04. The zero-order valence-electron chi connectivity index (χ0n) is 6.92. The number of aromatic nitrogens is 1. The topological polar surface area (TPSA) is 31.2 Å². The molecule has 0 N–H and O–H groups in total. The van der Waals surface area contributed by atoms with Crippen molar-refractivity contribution < 1.29 is 9.53 Å². The van der Waals surface area contributed by atoms with Gasteiger partial charge in [0.2, 0.25) is 0 Å². The Morgan fingerprint density at radius 2 is 2.27 bits per heavy atom. The van der Waals surface area contributed by atoms with E-state index in [0.29, 0.717) is 5.69 Å². The van der Waals surface area contributed by atoms with Crippen LogP contribution in [0.4, 0.5) is 0 Å². The van der Waals surface area contributed by atoms with Gasteiger partial charge >= 0.3 is 5.97 Å². The summed E-state index contributed by atoms with van der Waals surface area (Å²) < 4.78 is 6.32. The normalized spacial score (nSPS) is 9.73. The van der Waals surface area contributed by atoms with Crippen LogP contribution in [0.3, 0.4) is 0 Å². The van der Waals surface area contributed by atoms with Crippen molar-refractivity contribution in [1.82, 2.24) is 4.57 Å². The van der Waals surface area contributed by atoms with E-state index in [1.54, 1.807) is 10.6 Å². The molecule has 1 rings (SSSR count). The molecule has 60 valence electrons. The molecule has 0 saturated carbocycles. The van der Waals surface area contributed by atoms with E-state index in [9.17, 15) is 4.79 Å². The third-order valence-electron chi connectivity index (χ3n) is 1.54. The molecule has 0 aliphatic heterocycles. The second kappa shape index (κ2) is 2.78. The summed E-state index contributed by atoms with van der Waals surface area (Å²) in [7, 11) is 3.20. The van der Waals surface area contributed by atoms with E-state index in [0.717, 1.165) is 5.56 Å². The van der Waals surface area contributed by atoms with Gasteiger partial charge in [0.25, 0.3) is 0 Å². The van der Waals surface area contributed by atoms with Crippen LogP contribution >= 0.6 is 0 Å². The van der Waals surface area contributed by atoms with Crippen molar-refractivity contribution >= 4 is 5.97 Å². The van der Waals surface area contributed by atoms with Gasteiger partial charge in [-0.05, 0) is 18.6 Å². The molecular formula is C8H11NO2. The molecule has 0 aromatic carbocycles. The fraction of sp³-hybridized carbons (Fsp3) is 0.375. The van der Waals surface area contributed by atoms with Crippen molar-refractivity contribution in [2.45, 2.75) is 6.92 Å². The quantitative estimate of drug-likeness (QED) is 0.566. The zero-order chi connectivity index (χ0) is 8.43. The van der Waals surface area contributed by atoms with Crippen molar-refractivity contribution in [3.8, 4) is 0 Å². The van der Waals surface area contributed by atoms with Gasteiger partial charge in [-0.15, -0.1) is 0 Å². The molecule has 0 amide bonds. The molecule has 0 spiro atoms. The predicted octanol–water partition coefficient (Wildman–Crippen LogP) is 1.12. The molecule has 1 aromatic rings. The fourth-order valence-electron chi connectivity index (χ4n) is 1.04. The van der Waals surface area contributed by atoms with Crippen LogP contribution in [0.25, 0.3) is 0 Å². The predicted molar refractivity (Wildman–Crippen MR) is 41.5 cm³/mol. The first-order chi connectivity index (χ1) is 5.15. The Balaban J connectivity index is 3.03. The summed E-state index contributed by atoms with van der Waals surface area (Å²) >= 11 is 0. The van der Waals surface area contributed by atoms with Crippen molar-refractivity contribution in [2.24, 2.45) is 7.05 Å². The molecule has 1 aromatic heterocycles. The van der Waals surface area contributed by atoms with Gasteiger partial charge in [0, 0.05) is 13.2 Å². The lowest BCUT2D eigenvalue weighted by molar-refractivity contribution is 0.0590. The molecule has 0 unspecified atom stereocenters. The maximum atomic E-state index is 11.0. The van der Waals surface area contributed by atoms with Crippen LogP contribution in [0, 0.1) is 6.92 Å². The van der Waals surface area contributed by atoms with Gasteiger partial charge in [-0.25, -0.2) is 4.79 Å². The molecule has 0 bridgehead atoms. The van der Waals surface area contributed by atoms with E-state index < -0.39 is 0 Å². The van der Waals surface area contributed by atoms with E-state index in [1.807, 2.05) is 20.2 Å². The molecule has 0 radical (unpaired) electrons. The highest BCUT2D eigenvalue weighted by atomic mass is 16.5. The monoisotopic (exact) mass is 153 g/mol. The molecule has 3 nitrogen and oxygen atoms in total. The van der Waals surface area contributed by atoms with Crippen LogP contribution in [0.5, 0.6) is 0 Å². The van der Waals surface area contributed by atoms with Crippen molar-refractivity contribution in [3.63, 3.8) is 0 Å². The Hall–Kier alpha value is -1.25. The Bertz CT molecular complexity index is 276. The van der Waals surface area contributed by atoms with Crippen LogP contribution in [0.15, 0.2) is 12.3 Å². The van der Waals surface area contributed by atoms with Crippen LogP contribution in [0.1, 0.15) is 16.1 Å². The van der Waals surface area contributed by atoms with Crippen molar-refractivity contribution in [3.05, 3.63) is 23.5 Å². The number of hydrogen-bond donors (Lipinski definition) is 0. The Labute approximate surface area is 65.6 Å². The summed E-state index contributed by atoms with van der Waals surface area (Å²) in [5.41, 5.74) is 1.65. The lowest BCUT2D eigenvalue weighted by atomic mass is 10.3. The average Bonchev–Trinajstić information content (AvgIpc) is 2.28. The summed E-state index contributed by atoms with van der Waals surface area (Å²) in [5, 5.41) is 0. The van der Waals surface area contributed by atoms with E-state index >= 15 is 0 Å². The molecule has 0 aliphatic carbocycles. The number of methoxy groups -OCH3 is 1. The summed E-state index contributed by atoms with van der Waals surface area (Å²) in [4.78, 5) is 11.0. The standard InChI is InChI=1S/C8H11NO2/c1-6-4-7(8(10)11-3)9(2)5-6/h4-5H,1-3H3. The molecular weight excluding hydrogens is 142 g/mol. The van der Waals surface area contributed by atoms with Gasteiger partial charge < -0.3 is 9.30 Å². The van der Waals surface area contributed by atoms with Crippen LogP contribution in [-0.4, -0.2) is 17.6 Å².